The van der Waals surface area contributed by atoms with Crippen molar-refractivity contribution in [2.24, 2.45) is 5.92 Å². The summed E-state index contributed by atoms with van der Waals surface area (Å²) in [6, 6.07) is 4.06. The highest BCUT2D eigenvalue weighted by Gasteiger charge is 2.47. The quantitative estimate of drug-likeness (QED) is 0.873. The van der Waals surface area contributed by atoms with Crippen LogP contribution in [0.15, 0.2) is 12.1 Å². The molecular formula is C15H22O3. The highest BCUT2D eigenvalue weighted by molar-refractivity contribution is 5.47. The number of hydrogen-bond acceptors (Lipinski definition) is 3. The molecule has 0 heterocycles. The van der Waals surface area contributed by atoms with Gasteiger partial charge < -0.3 is 14.6 Å². The van der Waals surface area contributed by atoms with Crippen LogP contribution in [0.1, 0.15) is 29.5 Å². The molecule has 1 saturated carbocycles. The van der Waals surface area contributed by atoms with Crippen LogP contribution in [0, 0.1) is 19.8 Å². The van der Waals surface area contributed by atoms with Crippen molar-refractivity contribution in [3.63, 3.8) is 0 Å². The van der Waals surface area contributed by atoms with Crippen molar-refractivity contribution in [1.82, 2.24) is 0 Å². The fourth-order valence-electron chi connectivity index (χ4n) is 2.82. The highest BCUT2D eigenvalue weighted by atomic mass is 16.5. The molecule has 1 aliphatic rings. The van der Waals surface area contributed by atoms with E-state index in [4.69, 9.17) is 9.47 Å². The van der Waals surface area contributed by atoms with Crippen LogP contribution in [0.5, 0.6) is 5.75 Å². The molecule has 1 fully saturated rings. The van der Waals surface area contributed by atoms with Crippen molar-refractivity contribution in [3.05, 3.63) is 28.8 Å². The Hall–Kier alpha value is -1.06. The lowest BCUT2D eigenvalue weighted by atomic mass is 9.85. The van der Waals surface area contributed by atoms with Gasteiger partial charge in [0.2, 0.25) is 0 Å². The van der Waals surface area contributed by atoms with Gasteiger partial charge in [-0.2, -0.15) is 0 Å². The maximum Gasteiger partial charge on any atom is 0.125 e. The summed E-state index contributed by atoms with van der Waals surface area (Å²) in [4.78, 5) is 0. The van der Waals surface area contributed by atoms with Crippen LogP contribution in [0.4, 0.5) is 0 Å². The third-order valence-corrected chi connectivity index (χ3v) is 3.71. The van der Waals surface area contributed by atoms with E-state index in [2.05, 4.69) is 6.07 Å². The summed E-state index contributed by atoms with van der Waals surface area (Å²) >= 11 is 0. The third kappa shape index (κ3) is 2.25. The lowest BCUT2D eigenvalue weighted by molar-refractivity contribution is -0.0550. The van der Waals surface area contributed by atoms with E-state index in [1.807, 2.05) is 19.9 Å². The molecule has 0 spiro atoms. The normalized spacial score (nSPS) is 18.5. The van der Waals surface area contributed by atoms with Crippen LogP contribution in [-0.4, -0.2) is 25.9 Å². The van der Waals surface area contributed by atoms with Crippen molar-refractivity contribution in [3.8, 4) is 5.75 Å². The first kappa shape index (κ1) is 13.4. The van der Waals surface area contributed by atoms with Crippen LogP contribution in [-0.2, 0) is 10.3 Å². The van der Waals surface area contributed by atoms with Gasteiger partial charge in [0, 0.05) is 12.7 Å². The minimum absolute atomic E-state index is 0.285. The molecule has 0 aromatic heterocycles. The zero-order chi connectivity index (χ0) is 13.3. The standard InChI is InChI=1S/C15H22O3/c1-10-7-11(2)14(13(8-10)18-4)15(16,9-17-3)12-5-6-12/h7-8,12,16H,5-6,9H2,1-4H3. The van der Waals surface area contributed by atoms with Gasteiger partial charge in [0.1, 0.15) is 11.4 Å². The van der Waals surface area contributed by atoms with Crippen LogP contribution < -0.4 is 4.74 Å². The van der Waals surface area contributed by atoms with Gasteiger partial charge in [0.15, 0.2) is 0 Å². The summed E-state index contributed by atoms with van der Waals surface area (Å²) < 4.78 is 10.7. The van der Waals surface area contributed by atoms with E-state index in [1.165, 1.54) is 0 Å². The lowest BCUT2D eigenvalue weighted by Gasteiger charge is -2.31. The van der Waals surface area contributed by atoms with E-state index < -0.39 is 5.60 Å². The second-order valence-corrected chi connectivity index (χ2v) is 5.29. The van der Waals surface area contributed by atoms with Gasteiger partial charge in [-0.1, -0.05) is 6.07 Å². The van der Waals surface area contributed by atoms with Crippen LogP contribution in [0.3, 0.4) is 0 Å². The minimum atomic E-state index is -0.919. The molecule has 1 unspecified atom stereocenters. The molecule has 1 atom stereocenters. The van der Waals surface area contributed by atoms with E-state index in [0.29, 0.717) is 6.61 Å². The fourth-order valence-corrected chi connectivity index (χ4v) is 2.82. The Morgan fingerprint density at radius 3 is 2.44 bits per heavy atom. The zero-order valence-electron chi connectivity index (χ0n) is 11.6. The zero-order valence-corrected chi connectivity index (χ0v) is 11.6. The average Bonchev–Trinajstić information content (AvgIpc) is 3.11. The number of ether oxygens (including phenoxy) is 2. The second-order valence-electron chi connectivity index (χ2n) is 5.29. The van der Waals surface area contributed by atoms with E-state index >= 15 is 0 Å². The van der Waals surface area contributed by atoms with E-state index in [0.717, 1.165) is 35.3 Å². The van der Waals surface area contributed by atoms with Gasteiger partial charge in [0.25, 0.3) is 0 Å². The largest absolute Gasteiger partial charge is 0.496 e. The summed E-state index contributed by atoms with van der Waals surface area (Å²) in [5.74, 6) is 1.05. The van der Waals surface area contributed by atoms with Gasteiger partial charge in [-0.3, -0.25) is 0 Å². The summed E-state index contributed by atoms with van der Waals surface area (Å²) in [5, 5.41) is 11.0. The Balaban J connectivity index is 2.53. The Labute approximate surface area is 109 Å². The van der Waals surface area contributed by atoms with Gasteiger partial charge in [-0.15, -0.1) is 0 Å². The van der Waals surface area contributed by atoms with Gasteiger partial charge in [0.05, 0.1) is 13.7 Å². The average molecular weight is 250 g/mol. The number of aryl methyl sites for hydroxylation is 2. The first-order valence-corrected chi connectivity index (χ1v) is 6.40. The molecule has 100 valence electrons. The van der Waals surface area contributed by atoms with Crippen molar-refractivity contribution in [2.75, 3.05) is 20.8 Å². The number of rotatable bonds is 5. The van der Waals surface area contributed by atoms with E-state index in [9.17, 15) is 5.11 Å². The van der Waals surface area contributed by atoms with E-state index in [-0.39, 0.29) is 5.92 Å². The molecule has 0 bridgehead atoms. The molecule has 0 saturated heterocycles. The van der Waals surface area contributed by atoms with Crippen LogP contribution in [0.25, 0.3) is 0 Å². The van der Waals surface area contributed by atoms with Gasteiger partial charge in [-0.05, 0) is 49.8 Å². The lowest BCUT2D eigenvalue weighted by Crippen LogP contribution is -2.35. The van der Waals surface area contributed by atoms with Gasteiger partial charge >= 0.3 is 0 Å². The maximum atomic E-state index is 11.0. The number of methoxy groups -OCH3 is 2. The van der Waals surface area contributed by atoms with Crippen molar-refractivity contribution in [2.45, 2.75) is 32.3 Å². The molecule has 0 amide bonds. The summed E-state index contributed by atoms with van der Waals surface area (Å²) in [5.41, 5.74) is 2.18. The molecule has 1 aromatic carbocycles. The number of benzene rings is 1. The molecule has 3 nitrogen and oxygen atoms in total. The smallest absolute Gasteiger partial charge is 0.125 e. The van der Waals surface area contributed by atoms with Crippen LogP contribution in [0.2, 0.25) is 0 Å². The minimum Gasteiger partial charge on any atom is -0.496 e. The van der Waals surface area contributed by atoms with E-state index in [1.54, 1.807) is 14.2 Å². The molecule has 1 N–H and O–H groups in total. The Bertz CT molecular complexity index is 438. The van der Waals surface area contributed by atoms with Gasteiger partial charge in [-0.25, -0.2) is 0 Å². The SMILES string of the molecule is COCC(O)(c1c(C)cc(C)cc1OC)C1CC1. The van der Waals surface area contributed by atoms with Crippen molar-refractivity contribution in [1.29, 1.82) is 0 Å². The van der Waals surface area contributed by atoms with Crippen molar-refractivity contribution >= 4 is 0 Å². The molecule has 1 aromatic rings. The third-order valence-electron chi connectivity index (χ3n) is 3.71. The first-order valence-electron chi connectivity index (χ1n) is 6.40. The monoisotopic (exact) mass is 250 g/mol. The molecule has 18 heavy (non-hydrogen) atoms. The molecule has 1 aliphatic carbocycles. The Morgan fingerprint density at radius 2 is 1.94 bits per heavy atom. The topological polar surface area (TPSA) is 38.7 Å². The Kier molecular flexibility index (Phi) is 3.64. The number of hydrogen-bond donors (Lipinski definition) is 1. The summed E-state index contributed by atoms with van der Waals surface area (Å²) in [6.45, 7) is 4.37. The molecule has 0 radical (unpaired) electrons. The molecular weight excluding hydrogens is 228 g/mol. The Morgan fingerprint density at radius 1 is 1.28 bits per heavy atom. The maximum absolute atomic E-state index is 11.0. The predicted molar refractivity (Wildman–Crippen MR) is 71.0 cm³/mol. The van der Waals surface area contributed by atoms with Crippen molar-refractivity contribution < 1.29 is 14.6 Å². The molecule has 2 rings (SSSR count). The number of aliphatic hydroxyl groups is 1. The predicted octanol–water partition coefficient (Wildman–Crippen LogP) is 2.56. The van der Waals surface area contributed by atoms with Crippen LogP contribution >= 0.6 is 0 Å². The first-order chi connectivity index (χ1) is 8.52. The summed E-state index contributed by atoms with van der Waals surface area (Å²) in [6.07, 6.45) is 2.10. The molecule has 0 aliphatic heterocycles. The second kappa shape index (κ2) is 4.90. The summed E-state index contributed by atoms with van der Waals surface area (Å²) in [7, 11) is 3.28. The fraction of sp³-hybridized carbons (Fsp3) is 0.600. The molecule has 3 heteroatoms. The highest BCUT2D eigenvalue weighted by Crippen LogP contribution is 2.49.